The van der Waals surface area contributed by atoms with Crippen LogP contribution in [0.2, 0.25) is 0 Å². The Kier molecular flexibility index (Phi) is 8.26. The van der Waals surface area contributed by atoms with E-state index in [9.17, 15) is 9.59 Å². The maximum atomic E-state index is 12.4. The van der Waals surface area contributed by atoms with Gasteiger partial charge < -0.3 is 10.2 Å². The lowest BCUT2D eigenvalue weighted by Gasteiger charge is -2.35. The van der Waals surface area contributed by atoms with Crippen LogP contribution in [-0.4, -0.2) is 71.8 Å². The minimum atomic E-state index is -0.357. The number of aromatic nitrogens is 2. The highest BCUT2D eigenvalue weighted by Crippen LogP contribution is 2.33. The summed E-state index contributed by atoms with van der Waals surface area (Å²) in [5.74, 6) is -0.0846. The van der Waals surface area contributed by atoms with Crippen LogP contribution in [0.15, 0.2) is 18.2 Å². The molecule has 0 saturated carbocycles. The molecular weight excluding hydrogens is 463 g/mol. The lowest BCUT2D eigenvalue weighted by molar-refractivity contribution is -0.134. The Morgan fingerprint density at radius 2 is 1.97 bits per heavy atom. The number of piperidine rings is 1. The topological polar surface area (TPSA) is 82.5 Å². The number of carbonyl (C=O) groups is 2. The number of piperazine rings is 1. The molecule has 8 nitrogen and oxygen atoms in total. The molecule has 0 bridgehead atoms. The Hall–Kier alpha value is -1.87. The molecule has 33 heavy (non-hydrogen) atoms. The fourth-order valence-corrected chi connectivity index (χ4v) is 5.38. The molecule has 3 aliphatic heterocycles. The third-order valence-electron chi connectivity index (χ3n) is 7.22. The first kappa shape index (κ1) is 25.7. The van der Waals surface area contributed by atoms with Gasteiger partial charge in [-0.05, 0) is 43.9 Å². The molecule has 182 valence electrons. The number of nitrogens with one attached hydrogen (secondary N) is 2. The summed E-state index contributed by atoms with van der Waals surface area (Å²) in [6.07, 6.45) is 2.12. The fraction of sp³-hybridized carbons (Fsp3) is 0.609. The molecule has 3 aliphatic rings. The molecule has 2 amide bonds. The Morgan fingerprint density at radius 3 is 2.73 bits per heavy atom. The van der Waals surface area contributed by atoms with Crippen molar-refractivity contribution in [2.24, 2.45) is 13.0 Å². The van der Waals surface area contributed by atoms with Gasteiger partial charge in [0.2, 0.25) is 11.8 Å². The number of fused-ring (bicyclic) bond motifs is 1. The van der Waals surface area contributed by atoms with Gasteiger partial charge in [0.25, 0.3) is 0 Å². The third kappa shape index (κ3) is 5.14. The molecule has 3 saturated heterocycles. The summed E-state index contributed by atoms with van der Waals surface area (Å²) in [5, 5.41) is 11.6. The van der Waals surface area contributed by atoms with Gasteiger partial charge in [0, 0.05) is 69.9 Å². The average molecular weight is 497 g/mol. The second kappa shape index (κ2) is 10.6. The van der Waals surface area contributed by atoms with Crippen molar-refractivity contribution in [3.63, 3.8) is 0 Å². The van der Waals surface area contributed by atoms with Gasteiger partial charge in [-0.15, -0.1) is 24.8 Å². The van der Waals surface area contributed by atoms with Crippen molar-refractivity contribution in [2.45, 2.75) is 38.1 Å². The monoisotopic (exact) mass is 496 g/mol. The normalized spacial score (nSPS) is 26.1. The van der Waals surface area contributed by atoms with Crippen LogP contribution >= 0.6 is 24.8 Å². The minimum absolute atomic E-state index is 0. The predicted octanol–water partition coefficient (Wildman–Crippen LogP) is 2.06. The van der Waals surface area contributed by atoms with E-state index in [4.69, 9.17) is 0 Å². The van der Waals surface area contributed by atoms with Crippen LogP contribution < -0.4 is 15.5 Å². The summed E-state index contributed by atoms with van der Waals surface area (Å²) in [6, 6.07) is 7.07. The van der Waals surface area contributed by atoms with Gasteiger partial charge in [0.05, 0.1) is 17.1 Å². The number of hydrogen-bond acceptors (Lipinski definition) is 6. The first-order chi connectivity index (χ1) is 15.0. The third-order valence-corrected chi connectivity index (χ3v) is 7.22. The molecular formula is C23H34Cl2N6O2. The van der Waals surface area contributed by atoms with Crippen molar-refractivity contribution in [3.8, 4) is 0 Å². The van der Waals surface area contributed by atoms with Crippen molar-refractivity contribution in [2.75, 3.05) is 44.2 Å². The molecule has 1 unspecified atom stereocenters. The van der Waals surface area contributed by atoms with E-state index in [0.717, 1.165) is 49.3 Å². The van der Waals surface area contributed by atoms with Crippen molar-refractivity contribution in [1.29, 1.82) is 0 Å². The van der Waals surface area contributed by atoms with Gasteiger partial charge in [-0.2, -0.15) is 5.10 Å². The SMILES string of the molecule is C[C@H]1CNCCN1C[C@@H]1CCN(c2ccc3c(C4CCC(=O)NC4=O)nn(C)c3c2)C1.Cl.Cl. The largest absolute Gasteiger partial charge is 0.371 e. The van der Waals surface area contributed by atoms with E-state index in [2.05, 4.69) is 50.7 Å². The van der Waals surface area contributed by atoms with Crippen molar-refractivity contribution >= 4 is 53.2 Å². The van der Waals surface area contributed by atoms with Crippen molar-refractivity contribution < 1.29 is 9.59 Å². The van der Waals surface area contributed by atoms with Gasteiger partial charge in [0.15, 0.2) is 0 Å². The van der Waals surface area contributed by atoms with Crippen LogP contribution in [0, 0.1) is 5.92 Å². The van der Waals surface area contributed by atoms with Gasteiger partial charge in [-0.1, -0.05) is 0 Å². The molecule has 0 radical (unpaired) electrons. The lowest BCUT2D eigenvalue weighted by atomic mass is 9.93. The number of imide groups is 1. The average Bonchev–Trinajstić information content (AvgIpc) is 3.34. The molecule has 1 aromatic heterocycles. The van der Waals surface area contributed by atoms with Crippen LogP contribution in [-0.2, 0) is 16.6 Å². The number of amides is 2. The lowest BCUT2D eigenvalue weighted by Crippen LogP contribution is -2.51. The Labute approximate surface area is 207 Å². The van der Waals surface area contributed by atoms with E-state index in [1.54, 1.807) is 0 Å². The maximum Gasteiger partial charge on any atom is 0.235 e. The highest BCUT2D eigenvalue weighted by Gasteiger charge is 2.32. The molecule has 3 fully saturated rings. The first-order valence-corrected chi connectivity index (χ1v) is 11.5. The number of benzene rings is 1. The van der Waals surface area contributed by atoms with Gasteiger partial charge >= 0.3 is 0 Å². The summed E-state index contributed by atoms with van der Waals surface area (Å²) in [6.45, 7) is 8.97. The Bertz CT molecular complexity index is 1010. The summed E-state index contributed by atoms with van der Waals surface area (Å²) in [4.78, 5) is 29.0. The Morgan fingerprint density at radius 1 is 1.15 bits per heavy atom. The van der Waals surface area contributed by atoms with Crippen LogP contribution in [0.25, 0.3) is 10.9 Å². The fourth-order valence-electron chi connectivity index (χ4n) is 5.38. The smallest absolute Gasteiger partial charge is 0.235 e. The van der Waals surface area contributed by atoms with E-state index in [1.807, 2.05) is 11.7 Å². The minimum Gasteiger partial charge on any atom is -0.371 e. The number of hydrogen-bond donors (Lipinski definition) is 2. The molecule has 2 N–H and O–H groups in total. The highest BCUT2D eigenvalue weighted by molar-refractivity contribution is 6.02. The molecule has 3 atom stereocenters. The maximum absolute atomic E-state index is 12.4. The zero-order chi connectivity index (χ0) is 21.5. The van der Waals surface area contributed by atoms with Crippen molar-refractivity contribution in [3.05, 3.63) is 23.9 Å². The van der Waals surface area contributed by atoms with Crippen molar-refractivity contribution in [1.82, 2.24) is 25.3 Å². The Balaban J connectivity index is 0.00000153. The number of halogens is 2. The van der Waals surface area contributed by atoms with E-state index < -0.39 is 0 Å². The van der Waals surface area contributed by atoms with Gasteiger partial charge in [-0.3, -0.25) is 24.5 Å². The van der Waals surface area contributed by atoms with Gasteiger partial charge in [-0.25, -0.2) is 0 Å². The zero-order valence-electron chi connectivity index (χ0n) is 19.2. The number of aryl methyl sites for hydroxylation is 1. The summed E-state index contributed by atoms with van der Waals surface area (Å²) in [5.41, 5.74) is 3.04. The summed E-state index contributed by atoms with van der Waals surface area (Å²) >= 11 is 0. The van der Waals surface area contributed by atoms with Gasteiger partial charge in [0.1, 0.15) is 0 Å². The van der Waals surface area contributed by atoms with E-state index >= 15 is 0 Å². The van der Waals surface area contributed by atoms with E-state index in [-0.39, 0.29) is 42.5 Å². The molecule has 4 heterocycles. The summed E-state index contributed by atoms with van der Waals surface area (Å²) in [7, 11) is 1.93. The second-order valence-corrected chi connectivity index (χ2v) is 9.36. The first-order valence-electron chi connectivity index (χ1n) is 11.5. The molecule has 0 spiro atoms. The van der Waals surface area contributed by atoms with Crippen LogP contribution in [0.4, 0.5) is 5.69 Å². The quantitative estimate of drug-likeness (QED) is 0.630. The van der Waals surface area contributed by atoms with E-state index in [1.165, 1.54) is 18.7 Å². The molecule has 10 heteroatoms. The van der Waals surface area contributed by atoms with E-state index in [0.29, 0.717) is 24.8 Å². The predicted molar refractivity (Wildman–Crippen MR) is 135 cm³/mol. The molecule has 1 aromatic carbocycles. The highest BCUT2D eigenvalue weighted by atomic mass is 35.5. The molecule has 2 aromatic rings. The second-order valence-electron chi connectivity index (χ2n) is 9.36. The zero-order valence-corrected chi connectivity index (χ0v) is 20.9. The molecule has 5 rings (SSSR count). The number of rotatable bonds is 4. The van der Waals surface area contributed by atoms with Crippen LogP contribution in [0.3, 0.4) is 0 Å². The number of carbonyl (C=O) groups excluding carboxylic acids is 2. The van der Waals surface area contributed by atoms with Crippen LogP contribution in [0.1, 0.15) is 37.8 Å². The van der Waals surface area contributed by atoms with Crippen LogP contribution in [0.5, 0.6) is 0 Å². The molecule has 0 aliphatic carbocycles. The number of anilines is 1. The number of nitrogens with zero attached hydrogens (tertiary/aromatic N) is 4. The standard InChI is InChI=1S/C23H32N6O2.2ClH/c1-15-12-24-8-10-28(15)13-16-7-9-29(14-16)17-3-4-18-20(11-17)27(2)26-22(18)19-5-6-21(30)25-23(19)31;;/h3-4,11,15-16,19,24H,5-10,12-14H2,1-2H3,(H,25,30,31);2*1H/t15-,16-,19?;;/m0../s1. The summed E-state index contributed by atoms with van der Waals surface area (Å²) < 4.78 is 1.87.